The number of methoxy groups -OCH3 is 3. The summed E-state index contributed by atoms with van der Waals surface area (Å²) in [7, 11) is 4.86. The number of nitrogens with zero attached hydrogens (tertiary/aromatic N) is 1. The Morgan fingerprint density at radius 3 is 1.47 bits per heavy atom. The van der Waals surface area contributed by atoms with Crippen molar-refractivity contribution in [2.24, 2.45) is 0 Å². The first kappa shape index (κ1) is 20.8. The van der Waals surface area contributed by atoms with Crippen molar-refractivity contribution in [2.75, 3.05) is 21.3 Å². The van der Waals surface area contributed by atoms with Gasteiger partial charge in [-0.2, -0.15) is 5.26 Å². The quantitative estimate of drug-likeness (QED) is 0.464. The lowest BCUT2D eigenvalue weighted by atomic mass is 10.1. The molecule has 0 fully saturated rings. The van der Waals surface area contributed by atoms with Gasteiger partial charge in [-0.1, -0.05) is 54.6 Å². The van der Waals surface area contributed by atoms with Gasteiger partial charge in [0.1, 0.15) is 17.2 Å². The highest BCUT2D eigenvalue weighted by molar-refractivity contribution is 5.77. The molecule has 0 atom stereocenters. The van der Waals surface area contributed by atoms with Crippen molar-refractivity contribution < 1.29 is 14.2 Å². The first-order chi connectivity index (χ1) is 14.7. The summed E-state index contributed by atoms with van der Waals surface area (Å²) in [6.07, 6.45) is 8.06. The topological polar surface area (TPSA) is 51.5 Å². The minimum absolute atomic E-state index is 0.661. The first-order valence-electron chi connectivity index (χ1n) is 9.43. The molecule has 0 aliphatic heterocycles. The Morgan fingerprint density at radius 2 is 1.07 bits per heavy atom. The fourth-order valence-electron chi connectivity index (χ4n) is 2.96. The van der Waals surface area contributed by atoms with Crippen molar-refractivity contribution in [3.63, 3.8) is 0 Å². The molecule has 4 heteroatoms. The Morgan fingerprint density at radius 1 is 0.633 bits per heavy atom. The summed E-state index contributed by atoms with van der Waals surface area (Å²) in [5.41, 5.74) is 4.72. The van der Waals surface area contributed by atoms with Crippen molar-refractivity contribution in [3.8, 4) is 23.3 Å². The monoisotopic (exact) mass is 397 g/mol. The zero-order valence-corrected chi connectivity index (χ0v) is 17.3. The molecule has 0 bridgehead atoms. The predicted molar refractivity (Wildman–Crippen MR) is 122 cm³/mol. The van der Waals surface area contributed by atoms with Crippen molar-refractivity contribution in [2.45, 2.75) is 0 Å². The maximum atomic E-state index is 8.87. The van der Waals surface area contributed by atoms with E-state index in [-0.39, 0.29) is 0 Å². The van der Waals surface area contributed by atoms with Crippen molar-refractivity contribution in [1.29, 1.82) is 5.26 Å². The molecule has 3 aromatic rings. The van der Waals surface area contributed by atoms with Crippen LogP contribution >= 0.6 is 0 Å². The molecule has 0 heterocycles. The average Bonchev–Trinajstić information content (AvgIpc) is 2.81. The van der Waals surface area contributed by atoms with E-state index in [1.165, 1.54) is 0 Å². The van der Waals surface area contributed by atoms with Crippen LogP contribution in [-0.4, -0.2) is 21.3 Å². The normalized spacial score (nSPS) is 10.9. The van der Waals surface area contributed by atoms with E-state index < -0.39 is 0 Å². The van der Waals surface area contributed by atoms with Gasteiger partial charge in [0.15, 0.2) is 0 Å². The molecule has 0 aromatic heterocycles. The van der Waals surface area contributed by atoms with E-state index in [0.717, 1.165) is 22.3 Å². The summed E-state index contributed by atoms with van der Waals surface area (Å²) in [5, 5.41) is 8.87. The van der Waals surface area contributed by atoms with E-state index >= 15 is 0 Å². The van der Waals surface area contributed by atoms with Crippen LogP contribution in [0.2, 0.25) is 0 Å². The second kappa shape index (κ2) is 9.99. The van der Waals surface area contributed by atoms with E-state index in [9.17, 15) is 0 Å². The maximum Gasteiger partial charge on any atom is 0.133 e. The van der Waals surface area contributed by atoms with Gasteiger partial charge in [-0.15, -0.1) is 0 Å². The standard InChI is InChI=1S/C26H23NO3/c1-28-23-16-25(29-2)24(26(17-23)30-3)15-14-21-8-6-19(7-9-21)4-5-20-10-12-22(18-27)13-11-20/h4-17H,1-3H3/b5-4+,15-14+. The molecule has 3 rings (SSSR count). The van der Waals surface area contributed by atoms with E-state index in [1.807, 2.05) is 60.7 Å². The van der Waals surface area contributed by atoms with Crippen LogP contribution in [0.1, 0.15) is 27.8 Å². The largest absolute Gasteiger partial charge is 0.496 e. The number of nitriles is 1. The Hall–Kier alpha value is -3.97. The third-order valence-corrected chi connectivity index (χ3v) is 4.64. The molecule has 0 aliphatic rings. The van der Waals surface area contributed by atoms with E-state index in [4.69, 9.17) is 19.5 Å². The molecule has 0 amide bonds. The van der Waals surface area contributed by atoms with Crippen LogP contribution in [0.3, 0.4) is 0 Å². The Labute approximate surface area is 177 Å². The van der Waals surface area contributed by atoms with Gasteiger partial charge in [-0.05, 0) is 34.9 Å². The van der Waals surface area contributed by atoms with Crippen LogP contribution in [0, 0.1) is 11.3 Å². The molecule has 3 aromatic carbocycles. The van der Waals surface area contributed by atoms with Crippen LogP contribution in [-0.2, 0) is 0 Å². The number of hydrogen-bond donors (Lipinski definition) is 0. The molecule has 0 unspecified atom stereocenters. The minimum atomic E-state index is 0.661. The summed E-state index contributed by atoms with van der Waals surface area (Å²) in [6, 6.07) is 21.5. The Bertz CT molecular complexity index is 1060. The lowest BCUT2D eigenvalue weighted by Crippen LogP contribution is -1.94. The highest BCUT2D eigenvalue weighted by Crippen LogP contribution is 2.35. The molecule has 4 nitrogen and oxygen atoms in total. The first-order valence-corrected chi connectivity index (χ1v) is 9.43. The smallest absolute Gasteiger partial charge is 0.133 e. The van der Waals surface area contributed by atoms with Gasteiger partial charge in [0.05, 0.1) is 38.5 Å². The zero-order chi connectivity index (χ0) is 21.3. The molecule has 0 saturated heterocycles. The highest BCUT2D eigenvalue weighted by atomic mass is 16.5. The van der Waals surface area contributed by atoms with Gasteiger partial charge in [-0.25, -0.2) is 0 Å². The van der Waals surface area contributed by atoms with Crippen molar-refractivity contribution in [1.82, 2.24) is 0 Å². The minimum Gasteiger partial charge on any atom is -0.496 e. The fraction of sp³-hybridized carbons (Fsp3) is 0.115. The predicted octanol–water partition coefficient (Wildman–Crippen LogP) is 5.92. The van der Waals surface area contributed by atoms with E-state index in [2.05, 4.69) is 30.3 Å². The lowest BCUT2D eigenvalue weighted by molar-refractivity contribution is 0.374. The number of rotatable bonds is 7. The van der Waals surface area contributed by atoms with Crippen LogP contribution in [0.15, 0.2) is 60.7 Å². The Kier molecular flexibility index (Phi) is 6.91. The summed E-state index contributed by atoms with van der Waals surface area (Å²) < 4.78 is 16.3. The molecule has 0 saturated carbocycles. The maximum absolute atomic E-state index is 8.87. The second-order valence-corrected chi connectivity index (χ2v) is 6.51. The molecule has 0 aliphatic carbocycles. The average molecular weight is 397 g/mol. The van der Waals surface area contributed by atoms with Gasteiger partial charge in [0.25, 0.3) is 0 Å². The van der Waals surface area contributed by atoms with Crippen molar-refractivity contribution >= 4 is 24.3 Å². The lowest BCUT2D eigenvalue weighted by Gasteiger charge is -2.12. The molecule has 0 radical (unpaired) electrons. The van der Waals surface area contributed by atoms with Crippen LogP contribution in [0.4, 0.5) is 0 Å². The van der Waals surface area contributed by atoms with Gasteiger partial charge in [-0.3, -0.25) is 0 Å². The zero-order valence-electron chi connectivity index (χ0n) is 17.3. The molecular formula is C26H23NO3. The van der Waals surface area contributed by atoms with Gasteiger partial charge < -0.3 is 14.2 Å². The summed E-state index contributed by atoms with van der Waals surface area (Å²) in [4.78, 5) is 0. The molecule has 150 valence electrons. The van der Waals surface area contributed by atoms with Crippen molar-refractivity contribution in [3.05, 3.63) is 88.5 Å². The summed E-state index contributed by atoms with van der Waals surface area (Å²) >= 11 is 0. The third kappa shape index (κ3) is 5.09. The van der Waals surface area contributed by atoms with Gasteiger partial charge in [0, 0.05) is 12.1 Å². The number of hydrogen-bond acceptors (Lipinski definition) is 4. The molecule has 0 spiro atoms. The second-order valence-electron chi connectivity index (χ2n) is 6.51. The molecular weight excluding hydrogens is 374 g/mol. The van der Waals surface area contributed by atoms with Gasteiger partial charge >= 0.3 is 0 Å². The number of benzene rings is 3. The third-order valence-electron chi connectivity index (χ3n) is 4.64. The molecule has 30 heavy (non-hydrogen) atoms. The van der Waals surface area contributed by atoms with Crippen LogP contribution < -0.4 is 14.2 Å². The van der Waals surface area contributed by atoms with Gasteiger partial charge in [0.2, 0.25) is 0 Å². The van der Waals surface area contributed by atoms with E-state index in [0.29, 0.717) is 22.8 Å². The number of ether oxygens (including phenoxy) is 3. The highest BCUT2D eigenvalue weighted by Gasteiger charge is 2.10. The molecule has 0 N–H and O–H groups in total. The summed E-state index contributed by atoms with van der Waals surface area (Å²) in [5.74, 6) is 2.05. The van der Waals surface area contributed by atoms with Crippen LogP contribution in [0.5, 0.6) is 17.2 Å². The fourth-order valence-corrected chi connectivity index (χ4v) is 2.96. The summed E-state index contributed by atoms with van der Waals surface area (Å²) in [6.45, 7) is 0. The van der Waals surface area contributed by atoms with E-state index in [1.54, 1.807) is 21.3 Å². The Balaban J connectivity index is 1.76. The SMILES string of the molecule is COc1cc(OC)c(/C=C/c2ccc(/C=C/c3ccc(C#N)cc3)cc2)c(OC)c1. The van der Waals surface area contributed by atoms with Crippen LogP contribution in [0.25, 0.3) is 24.3 Å².